The first kappa shape index (κ1) is 30.8. The fourth-order valence-electron chi connectivity index (χ4n) is 4.09. The molecule has 2 aromatic rings. The number of sulfonamides is 1. The minimum atomic E-state index is -3.66. The normalized spacial score (nSPS) is 14.3. The number of rotatable bonds is 12. The molecule has 0 fully saturated rings. The van der Waals surface area contributed by atoms with E-state index in [4.69, 9.17) is 32.7 Å². The van der Waals surface area contributed by atoms with Gasteiger partial charge >= 0.3 is 0 Å². The van der Waals surface area contributed by atoms with E-state index >= 15 is 0 Å². The second-order valence-corrected chi connectivity index (χ2v) is 12.2. The fourth-order valence-corrected chi connectivity index (χ4v) is 5.57. The van der Waals surface area contributed by atoms with E-state index in [1.807, 2.05) is 13.8 Å². The van der Waals surface area contributed by atoms with Crippen molar-refractivity contribution < 1.29 is 27.5 Å². The molecule has 0 radical (unpaired) electrons. The van der Waals surface area contributed by atoms with Crippen molar-refractivity contribution >= 4 is 50.7 Å². The van der Waals surface area contributed by atoms with Gasteiger partial charge in [-0.15, -0.1) is 0 Å². The van der Waals surface area contributed by atoms with Gasteiger partial charge in [-0.05, 0) is 51.0 Å². The smallest absolute Gasteiger partial charge is 0.242 e. The Morgan fingerprint density at radius 2 is 1.69 bits per heavy atom. The first-order valence-corrected chi connectivity index (χ1v) is 15.4. The number of nitrogens with zero attached hydrogens (tertiary/aromatic N) is 2. The van der Waals surface area contributed by atoms with Crippen LogP contribution in [0.4, 0.5) is 5.69 Å². The number of ether oxygens (including phenoxy) is 2. The molecule has 0 aliphatic carbocycles. The van der Waals surface area contributed by atoms with Gasteiger partial charge in [-0.2, -0.15) is 0 Å². The summed E-state index contributed by atoms with van der Waals surface area (Å²) >= 11 is 12.7. The highest BCUT2D eigenvalue weighted by Gasteiger charge is 2.28. The molecule has 12 heteroatoms. The number of anilines is 1. The van der Waals surface area contributed by atoms with Gasteiger partial charge in [-0.25, -0.2) is 8.42 Å². The third-order valence-electron chi connectivity index (χ3n) is 6.52. The first-order valence-electron chi connectivity index (χ1n) is 12.8. The molecule has 0 aromatic heterocycles. The molecule has 1 heterocycles. The zero-order valence-electron chi connectivity index (χ0n) is 22.6. The number of amides is 2. The maximum absolute atomic E-state index is 13.5. The Balaban J connectivity index is 1.78. The highest BCUT2D eigenvalue weighted by atomic mass is 35.5. The predicted molar refractivity (Wildman–Crippen MR) is 153 cm³/mol. The van der Waals surface area contributed by atoms with Crippen LogP contribution in [0.3, 0.4) is 0 Å². The largest absolute Gasteiger partial charge is 0.486 e. The van der Waals surface area contributed by atoms with Crippen LogP contribution in [0.5, 0.6) is 11.5 Å². The third kappa shape index (κ3) is 8.16. The molecule has 0 saturated heterocycles. The van der Waals surface area contributed by atoms with Crippen molar-refractivity contribution in [2.75, 3.05) is 30.3 Å². The summed E-state index contributed by atoms with van der Waals surface area (Å²) in [6.07, 6.45) is 2.06. The Morgan fingerprint density at radius 1 is 1.05 bits per heavy atom. The molecule has 9 nitrogen and oxygen atoms in total. The molecular formula is C27H35Cl2N3O6S. The van der Waals surface area contributed by atoms with Crippen molar-refractivity contribution in [1.82, 2.24) is 10.2 Å². The van der Waals surface area contributed by atoms with Crippen LogP contribution in [-0.4, -0.2) is 63.2 Å². The molecule has 3 rings (SSSR count). The number of benzene rings is 2. The van der Waals surface area contributed by atoms with Gasteiger partial charge in [0.25, 0.3) is 0 Å². The Hall–Kier alpha value is -2.69. The van der Waals surface area contributed by atoms with E-state index in [0.29, 0.717) is 46.0 Å². The SMILES string of the molecule is CC[C@@H](C)NC(=O)[C@H](C)N(Cc1c(Cl)cccc1Cl)C(=O)CCCN(c1ccc2c(c1)OCCO2)S(C)(=O)=O. The lowest BCUT2D eigenvalue weighted by molar-refractivity contribution is -0.140. The fraction of sp³-hybridized carbons (Fsp3) is 0.481. The minimum absolute atomic E-state index is 0.000402. The summed E-state index contributed by atoms with van der Waals surface area (Å²) in [6, 6.07) is 9.11. The van der Waals surface area contributed by atoms with Gasteiger partial charge in [0, 0.05) is 47.2 Å². The van der Waals surface area contributed by atoms with Crippen LogP contribution in [-0.2, 0) is 26.2 Å². The van der Waals surface area contributed by atoms with Gasteiger partial charge in [0.2, 0.25) is 21.8 Å². The monoisotopic (exact) mass is 599 g/mol. The lowest BCUT2D eigenvalue weighted by Crippen LogP contribution is -2.49. The van der Waals surface area contributed by atoms with Crippen molar-refractivity contribution in [2.45, 2.75) is 58.7 Å². The zero-order valence-corrected chi connectivity index (χ0v) is 24.9. The lowest BCUT2D eigenvalue weighted by atomic mass is 10.1. The molecule has 0 bridgehead atoms. The standard InChI is InChI=1S/C27H35Cl2N3O6S/c1-5-18(2)30-27(34)19(3)31(17-21-22(28)8-6-9-23(21)29)26(33)10-7-13-32(39(4,35)36)20-11-12-24-25(16-20)38-15-14-37-24/h6,8-9,11-12,16,18-19H,5,7,10,13-15,17H2,1-4H3,(H,30,34)/t18-,19+/m1/s1. The van der Waals surface area contributed by atoms with E-state index in [-0.39, 0.29) is 43.8 Å². The van der Waals surface area contributed by atoms with Crippen LogP contribution in [0, 0.1) is 0 Å². The maximum Gasteiger partial charge on any atom is 0.242 e. The Labute approximate surface area is 240 Å². The first-order chi connectivity index (χ1) is 18.4. The van der Waals surface area contributed by atoms with Crippen LogP contribution < -0.4 is 19.1 Å². The second-order valence-electron chi connectivity index (χ2n) is 9.48. The number of halogens is 2. The van der Waals surface area contributed by atoms with Crippen molar-refractivity contribution in [2.24, 2.45) is 0 Å². The van der Waals surface area contributed by atoms with Gasteiger partial charge in [0.15, 0.2) is 11.5 Å². The van der Waals surface area contributed by atoms with Crippen LogP contribution in [0.25, 0.3) is 0 Å². The Kier molecular flexibility index (Phi) is 10.7. The molecule has 1 aliphatic rings. The molecule has 1 N–H and O–H groups in total. The predicted octanol–water partition coefficient (Wildman–Crippen LogP) is 4.64. The topological polar surface area (TPSA) is 105 Å². The van der Waals surface area contributed by atoms with Crippen LogP contribution in [0.2, 0.25) is 10.0 Å². The van der Waals surface area contributed by atoms with Crippen molar-refractivity contribution in [3.8, 4) is 11.5 Å². The highest BCUT2D eigenvalue weighted by Crippen LogP contribution is 2.35. The average molecular weight is 601 g/mol. The van der Waals surface area contributed by atoms with Crippen molar-refractivity contribution in [1.29, 1.82) is 0 Å². The van der Waals surface area contributed by atoms with Crippen LogP contribution in [0.15, 0.2) is 36.4 Å². The van der Waals surface area contributed by atoms with E-state index in [1.165, 1.54) is 9.21 Å². The number of carbonyl (C=O) groups is 2. The molecule has 2 aromatic carbocycles. The summed E-state index contributed by atoms with van der Waals surface area (Å²) in [5.41, 5.74) is 0.946. The van der Waals surface area contributed by atoms with Gasteiger partial charge in [-0.1, -0.05) is 36.2 Å². The van der Waals surface area contributed by atoms with Crippen molar-refractivity contribution in [3.05, 3.63) is 52.0 Å². The summed E-state index contributed by atoms with van der Waals surface area (Å²) in [6.45, 7) is 6.38. The van der Waals surface area contributed by atoms with Gasteiger partial charge in [0.05, 0.1) is 11.9 Å². The van der Waals surface area contributed by atoms with Gasteiger partial charge in [0.1, 0.15) is 19.3 Å². The molecule has 0 unspecified atom stereocenters. The van der Waals surface area contributed by atoms with Gasteiger partial charge in [-0.3, -0.25) is 13.9 Å². The second kappa shape index (κ2) is 13.6. The molecule has 0 spiro atoms. The third-order valence-corrected chi connectivity index (χ3v) is 8.43. The molecule has 1 aliphatic heterocycles. The summed E-state index contributed by atoms with van der Waals surface area (Å²) < 4.78 is 37.6. The van der Waals surface area contributed by atoms with Crippen LogP contribution in [0.1, 0.15) is 45.6 Å². The molecular weight excluding hydrogens is 565 g/mol. The van der Waals surface area contributed by atoms with E-state index in [0.717, 1.165) is 12.7 Å². The summed E-state index contributed by atoms with van der Waals surface area (Å²) in [5.74, 6) is 0.392. The number of hydrogen-bond donors (Lipinski definition) is 1. The van der Waals surface area contributed by atoms with Gasteiger partial charge < -0.3 is 19.7 Å². The highest BCUT2D eigenvalue weighted by molar-refractivity contribution is 7.92. The number of fused-ring (bicyclic) bond motifs is 1. The molecule has 0 saturated carbocycles. The summed E-state index contributed by atoms with van der Waals surface area (Å²) in [4.78, 5) is 27.9. The van der Waals surface area contributed by atoms with E-state index < -0.39 is 16.1 Å². The quantitative estimate of drug-likeness (QED) is 0.381. The molecule has 39 heavy (non-hydrogen) atoms. The van der Waals surface area contributed by atoms with Crippen LogP contribution >= 0.6 is 23.2 Å². The number of hydrogen-bond acceptors (Lipinski definition) is 6. The zero-order chi connectivity index (χ0) is 28.7. The number of carbonyl (C=O) groups excluding carboxylic acids is 2. The molecule has 2 atom stereocenters. The summed E-state index contributed by atoms with van der Waals surface area (Å²) in [7, 11) is -3.66. The lowest BCUT2D eigenvalue weighted by Gasteiger charge is -2.31. The molecule has 214 valence electrons. The molecule has 2 amide bonds. The maximum atomic E-state index is 13.5. The van der Waals surface area contributed by atoms with Crippen molar-refractivity contribution in [3.63, 3.8) is 0 Å². The van der Waals surface area contributed by atoms with E-state index in [9.17, 15) is 18.0 Å². The summed E-state index contributed by atoms with van der Waals surface area (Å²) in [5, 5.41) is 3.68. The Bertz CT molecular complexity index is 1270. The number of nitrogens with one attached hydrogen (secondary N) is 1. The minimum Gasteiger partial charge on any atom is -0.486 e. The Morgan fingerprint density at radius 3 is 2.31 bits per heavy atom. The average Bonchev–Trinajstić information content (AvgIpc) is 2.89. The van der Waals surface area contributed by atoms with E-state index in [1.54, 1.807) is 43.3 Å². The van der Waals surface area contributed by atoms with E-state index in [2.05, 4.69) is 5.32 Å².